The molecule has 1 saturated heterocycles. The Morgan fingerprint density at radius 1 is 1.25 bits per heavy atom. The van der Waals surface area contributed by atoms with Crippen molar-refractivity contribution in [1.82, 2.24) is 4.90 Å². The molecule has 1 amide bonds. The number of hydrogen-bond acceptors (Lipinski definition) is 2. The summed E-state index contributed by atoms with van der Waals surface area (Å²) < 4.78 is 19.8. The van der Waals surface area contributed by atoms with Crippen LogP contribution in [0.5, 0.6) is 0 Å². The van der Waals surface area contributed by atoms with Crippen LogP contribution in [0.15, 0.2) is 24.3 Å². The largest absolute Gasteiger partial charge is 0.444 e. The van der Waals surface area contributed by atoms with Crippen LogP contribution in [0.1, 0.15) is 56.8 Å². The summed E-state index contributed by atoms with van der Waals surface area (Å²) in [5.41, 5.74) is 1.45. The highest BCUT2D eigenvalue weighted by atomic mass is 19.1. The first kappa shape index (κ1) is 13.4. The Morgan fingerprint density at radius 2 is 1.90 bits per heavy atom. The van der Waals surface area contributed by atoms with Crippen molar-refractivity contribution in [2.24, 2.45) is 0 Å². The van der Waals surface area contributed by atoms with Gasteiger partial charge in [0.25, 0.3) is 0 Å². The molecule has 3 rings (SSSR count). The van der Waals surface area contributed by atoms with Crippen LogP contribution in [0.4, 0.5) is 9.18 Å². The number of carbonyl (C=O) groups excluding carboxylic acids is 1. The van der Waals surface area contributed by atoms with Gasteiger partial charge in [-0.15, -0.1) is 0 Å². The summed E-state index contributed by atoms with van der Waals surface area (Å²) in [6.45, 7) is 5.49. The number of halogens is 1. The van der Waals surface area contributed by atoms with E-state index in [9.17, 15) is 9.18 Å². The summed E-state index contributed by atoms with van der Waals surface area (Å²) in [6, 6.07) is 7.24. The van der Waals surface area contributed by atoms with Gasteiger partial charge >= 0.3 is 6.09 Å². The smallest absolute Gasteiger partial charge is 0.411 e. The summed E-state index contributed by atoms with van der Waals surface area (Å²) in [7, 11) is 0. The lowest BCUT2D eigenvalue weighted by Gasteiger charge is -2.38. The van der Waals surface area contributed by atoms with Crippen molar-refractivity contribution in [2.45, 2.75) is 57.5 Å². The van der Waals surface area contributed by atoms with E-state index in [2.05, 4.69) is 0 Å². The van der Waals surface area contributed by atoms with Crippen LogP contribution in [-0.4, -0.2) is 22.8 Å². The molecule has 2 heterocycles. The first-order valence-corrected chi connectivity index (χ1v) is 7.13. The van der Waals surface area contributed by atoms with Gasteiger partial charge in [-0.25, -0.2) is 9.18 Å². The van der Waals surface area contributed by atoms with Crippen molar-refractivity contribution < 1.29 is 13.9 Å². The Hall–Kier alpha value is -1.58. The Labute approximate surface area is 118 Å². The Morgan fingerprint density at radius 3 is 2.55 bits per heavy atom. The highest BCUT2D eigenvalue weighted by Gasteiger charge is 2.49. The van der Waals surface area contributed by atoms with E-state index >= 15 is 0 Å². The standard InChI is InChI=1S/C16H20FNO2/c1-16(2,3)20-15(19)18-13-9-8-12(17)14(18)11-7-5-4-6-10(11)13/h4-7,12-14H,8-9H2,1-3H3. The van der Waals surface area contributed by atoms with Crippen LogP contribution in [0.25, 0.3) is 0 Å². The van der Waals surface area contributed by atoms with Crippen LogP contribution in [0.3, 0.4) is 0 Å². The maximum absolute atomic E-state index is 14.3. The van der Waals surface area contributed by atoms with Gasteiger partial charge < -0.3 is 4.74 Å². The van der Waals surface area contributed by atoms with Crippen LogP contribution >= 0.6 is 0 Å². The molecule has 4 heteroatoms. The third-order valence-corrected chi connectivity index (χ3v) is 3.97. The quantitative estimate of drug-likeness (QED) is 0.713. The van der Waals surface area contributed by atoms with Gasteiger partial charge in [-0.05, 0) is 44.7 Å². The second-order valence-electron chi connectivity index (χ2n) is 6.57. The summed E-state index contributed by atoms with van der Waals surface area (Å²) in [5.74, 6) is 0. The first-order chi connectivity index (χ1) is 9.38. The fourth-order valence-corrected chi connectivity index (χ4v) is 3.27. The molecule has 20 heavy (non-hydrogen) atoms. The maximum Gasteiger partial charge on any atom is 0.411 e. The average Bonchev–Trinajstić information content (AvgIpc) is 2.62. The molecular formula is C16H20FNO2. The number of amides is 1. The van der Waals surface area contributed by atoms with Gasteiger partial charge in [0.1, 0.15) is 11.8 Å². The molecule has 2 bridgehead atoms. The van der Waals surface area contributed by atoms with Gasteiger partial charge in [0.15, 0.2) is 0 Å². The third-order valence-electron chi connectivity index (χ3n) is 3.97. The first-order valence-electron chi connectivity index (χ1n) is 7.13. The summed E-state index contributed by atoms with van der Waals surface area (Å²) in [4.78, 5) is 14.0. The predicted octanol–water partition coefficient (Wildman–Crippen LogP) is 4.15. The molecule has 0 saturated carbocycles. The molecule has 108 valence electrons. The molecule has 0 spiro atoms. The van der Waals surface area contributed by atoms with E-state index in [0.29, 0.717) is 12.8 Å². The predicted molar refractivity (Wildman–Crippen MR) is 74.1 cm³/mol. The van der Waals surface area contributed by atoms with Crippen molar-refractivity contribution in [1.29, 1.82) is 0 Å². The van der Waals surface area contributed by atoms with E-state index < -0.39 is 23.9 Å². The van der Waals surface area contributed by atoms with E-state index in [1.54, 1.807) is 4.90 Å². The molecule has 0 aliphatic carbocycles. The van der Waals surface area contributed by atoms with E-state index in [-0.39, 0.29) is 6.04 Å². The number of carbonyl (C=O) groups is 1. The highest BCUT2D eigenvalue weighted by Crippen LogP contribution is 2.51. The topological polar surface area (TPSA) is 29.5 Å². The SMILES string of the molecule is CC(C)(C)OC(=O)N1C2CCC(F)C1c1ccccc12. The van der Waals surface area contributed by atoms with Crippen molar-refractivity contribution in [3.05, 3.63) is 35.4 Å². The van der Waals surface area contributed by atoms with Crippen molar-refractivity contribution in [2.75, 3.05) is 0 Å². The molecule has 3 nitrogen and oxygen atoms in total. The molecule has 3 unspecified atom stereocenters. The van der Waals surface area contributed by atoms with E-state index in [1.165, 1.54) is 0 Å². The molecule has 0 N–H and O–H groups in total. The second-order valence-corrected chi connectivity index (χ2v) is 6.57. The monoisotopic (exact) mass is 277 g/mol. The average molecular weight is 277 g/mol. The summed E-state index contributed by atoms with van der Waals surface area (Å²) >= 11 is 0. The zero-order valence-corrected chi connectivity index (χ0v) is 12.1. The minimum atomic E-state index is -1.01. The molecule has 1 aromatic carbocycles. The molecule has 1 fully saturated rings. The Kier molecular flexibility index (Phi) is 3.00. The maximum atomic E-state index is 14.3. The number of alkyl halides is 1. The van der Waals surface area contributed by atoms with E-state index in [1.807, 2.05) is 45.0 Å². The molecule has 0 radical (unpaired) electrons. The van der Waals surface area contributed by atoms with Crippen molar-refractivity contribution >= 4 is 6.09 Å². The number of fused-ring (bicyclic) bond motifs is 5. The molecule has 2 aliphatic rings. The fraction of sp³-hybridized carbons (Fsp3) is 0.562. The second kappa shape index (κ2) is 4.47. The Bertz CT molecular complexity index is 538. The number of nitrogens with zero attached hydrogens (tertiary/aromatic N) is 1. The van der Waals surface area contributed by atoms with Crippen LogP contribution < -0.4 is 0 Å². The van der Waals surface area contributed by atoms with Crippen molar-refractivity contribution in [3.8, 4) is 0 Å². The zero-order valence-electron chi connectivity index (χ0n) is 12.1. The number of hydrogen-bond donors (Lipinski definition) is 0. The number of ether oxygens (including phenoxy) is 1. The van der Waals surface area contributed by atoms with Gasteiger partial charge in [-0.1, -0.05) is 24.3 Å². The van der Waals surface area contributed by atoms with Crippen LogP contribution in [0, 0.1) is 0 Å². The van der Waals surface area contributed by atoms with Gasteiger partial charge in [-0.3, -0.25) is 4.90 Å². The summed E-state index contributed by atoms with van der Waals surface area (Å²) in [5, 5.41) is 0. The van der Waals surface area contributed by atoms with Gasteiger partial charge in [0.2, 0.25) is 0 Å². The molecule has 2 aliphatic heterocycles. The summed E-state index contributed by atoms with van der Waals surface area (Å²) in [6.07, 6.45) is -0.259. The fourth-order valence-electron chi connectivity index (χ4n) is 3.27. The minimum Gasteiger partial charge on any atom is -0.444 e. The lowest BCUT2D eigenvalue weighted by atomic mass is 9.99. The van der Waals surface area contributed by atoms with Gasteiger partial charge in [0.05, 0.1) is 12.1 Å². The van der Waals surface area contributed by atoms with Crippen LogP contribution in [-0.2, 0) is 4.74 Å². The lowest BCUT2D eigenvalue weighted by molar-refractivity contribution is -0.0164. The third kappa shape index (κ3) is 2.07. The molecule has 1 aromatic rings. The van der Waals surface area contributed by atoms with Crippen LogP contribution in [0.2, 0.25) is 0 Å². The highest BCUT2D eigenvalue weighted by molar-refractivity contribution is 5.72. The number of benzene rings is 1. The minimum absolute atomic E-state index is 0.0435. The molecular weight excluding hydrogens is 257 g/mol. The van der Waals surface area contributed by atoms with Gasteiger partial charge in [0, 0.05) is 0 Å². The molecule has 3 atom stereocenters. The van der Waals surface area contributed by atoms with E-state index in [0.717, 1.165) is 11.1 Å². The molecule has 0 aromatic heterocycles. The zero-order chi connectivity index (χ0) is 14.5. The van der Waals surface area contributed by atoms with Crippen molar-refractivity contribution in [3.63, 3.8) is 0 Å². The van der Waals surface area contributed by atoms with E-state index in [4.69, 9.17) is 4.74 Å². The normalized spacial score (nSPS) is 28.2. The lowest BCUT2D eigenvalue weighted by Crippen LogP contribution is -2.43. The number of piperidine rings is 1. The number of rotatable bonds is 0. The Balaban J connectivity index is 1.96. The van der Waals surface area contributed by atoms with Gasteiger partial charge in [-0.2, -0.15) is 0 Å².